The van der Waals surface area contributed by atoms with E-state index < -0.39 is 6.04 Å². The SMILES string of the molecule is COC(=O)CC(NC(=O)C(C)C(C)N)c1cccc(Br)c1. The molecule has 3 atom stereocenters. The molecule has 1 amide bonds. The molecule has 1 aromatic rings. The van der Waals surface area contributed by atoms with E-state index >= 15 is 0 Å². The molecule has 0 aliphatic rings. The summed E-state index contributed by atoms with van der Waals surface area (Å²) in [6, 6.07) is 6.75. The minimum absolute atomic E-state index is 0.0738. The average molecular weight is 357 g/mol. The standard InChI is InChI=1S/C15H21BrN2O3/c1-9(10(2)17)15(20)18-13(8-14(19)21-3)11-5-4-6-12(16)7-11/h4-7,9-10,13H,8,17H2,1-3H3,(H,18,20). The first kappa shape index (κ1) is 17.7. The molecular formula is C15H21BrN2O3. The van der Waals surface area contributed by atoms with Crippen molar-refractivity contribution in [1.82, 2.24) is 5.32 Å². The van der Waals surface area contributed by atoms with Crippen LogP contribution in [0.3, 0.4) is 0 Å². The van der Waals surface area contributed by atoms with Crippen LogP contribution in [0, 0.1) is 5.92 Å². The molecule has 0 saturated heterocycles. The molecule has 0 aromatic heterocycles. The number of halogens is 1. The molecule has 0 saturated carbocycles. The molecule has 6 heteroatoms. The summed E-state index contributed by atoms with van der Waals surface area (Å²) in [4.78, 5) is 23.7. The van der Waals surface area contributed by atoms with Crippen molar-refractivity contribution in [1.29, 1.82) is 0 Å². The van der Waals surface area contributed by atoms with Crippen LogP contribution in [0.15, 0.2) is 28.7 Å². The van der Waals surface area contributed by atoms with Gasteiger partial charge in [-0.05, 0) is 24.6 Å². The van der Waals surface area contributed by atoms with Crippen molar-refractivity contribution in [3.8, 4) is 0 Å². The van der Waals surface area contributed by atoms with E-state index in [0.29, 0.717) is 0 Å². The molecule has 0 fully saturated rings. The number of benzene rings is 1. The van der Waals surface area contributed by atoms with E-state index in [0.717, 1.165) is 10.0 Å². The number of carbonyl (C=O) groups excluding carboxylic acids is 2. The Morgan fingerprint density at radius 1 is 1.38 bits per heavy atom. The second kappa shape index (κ2) is 8.14. The van der Waals surface area contributed by atoms with Crippen LogP contribution in [0.4, 0.5) is 0 Å². The summed E-state index contributed by atoms with van der Waals surface area (Å²) in [6.07, 6.45) is 0.0738. The van der Waals surface area contributed by atoms with E-state index in [1.54, 1.807) is 13.8 Å². The van der Waals surface area contributed by atoms with Gasteiger partial charge in [-0.2, -0.15) is 0 Å². The lowest BCUT2D eigenvalue weighted by Gasteiger charge is -2.22. The van der Waals surface area contributed by atoms with Gasteiger partial charge in [-0.1, -0.05) is 35.0 Å². The molecule has 0 heterocycles. The molecule has 0 bridgehead atoms. The Balaban J connectivity index is 2.92. The van der Waals surface area contributed by atoms with Gasteiger partial charge in [0.25, 0.3) is 0 Å². The predicted octanol–water partition coefficient (Wildman–Crippen LogP) is 2.15. The number of esters is 1. The molecule has 0 aliphatic heterocycles. The van der Waals surface area contributed by atoms with Crippen LogP contribution < -0.4 is 11.1 Å². The maximum absolute atomic E-state index is 12.2. The van der Waals surface area contributed by atoms with E-state index in [1.807, 2.05) is 24.3 Å². The van der Waals surface area contributed by atoms with Gasteiger partial charge in [-0.15, -0.1) is 0 Å². The molecule has 3 unspecified atom stereocenters. The summed E-state index contributed by atoms with van der Waals surface area (Å²) >= 11 is 3.38. The van der Waals surface area contributed by atoms with Crippen LogP contribution >= 0.6 is 15.9 Å². The van der Waals surface area contributed by atoms with E-state index in [1.165, 1.54) is 7.11 Å². The fourth-order valence-corrected chi connectivity index (χ4v) is 2.18. The summed E-state index contributed by atoms with van der Waals surface area (Å²) < 4.78 is 5.57. The topological polar surface area (TPSA) is 81.4 Å². The Morgan fingerprint density at radius 2 is 2.05 bits per heavy atom. The number of amides is 1. The van der Waals surface area contributed by atoms with Crippen LogP contribution in [0.2, 0.25) is 0 Å². The minimum Gasteiger partial charge on any atom is -0.469 e. The highest BCUT2D eigenvalue weighted by Gasteiger charge is 2.23. The predicted molar refractivity (Wildman–Crippen MR) is 84.5 cm³/mol. The molecule has 5 nitrogen and oxygen atoms in total. The Morgan fingerprint density at radius 3 is 2.57 bits per heavy atom. The zero-order chi connectivity index (χ0) is 16.0. The van der Waals surface area contributed by atoms with Crippen LogP contribution in [-0.2, 0) is 14.3 Å². The number of nitrogens with two attached hydrogens (primary N) is 1. The lowest BCUT2D eigenvalue weighted by Crippen LogP contribution is -2.40. The fourth-order valence-electron chi connectivity index (χ4n) is 1.77. The Hall–Kier alpha value is -1.40. The van der Waals surface area contributed by atoms with E-state index in [4.69, 9.17) is 10.5 Å². The highest BCUT2D eigenvalue weighted by atomic mass is 79.9. The monoisotopic (exact) mass is 356 g/mol. The largest absolute Gasteiger partial charge is 0.469 e. The van der Waals surface area contributed by atoms with Gasteiger partial charge in [0.05, 0.1) is 19.6 Å². The molecular weight excluding hydrogens is 336 g/mol. The van der Waals surface area contributed by atoms with Gasteiger partial charge in [-0.3, -0.25) is 9.59 Å². The van der Waals surface area contributed by atoms with Crippen molar-refractivity contribution in [2.45, 2.75) is 32.4 Å². The smallest absolute Gasteiger partial charge is 0.307 e. The third-order valence-corrected chi connectivity index (χ3v) is 3.86. The summed E-state index contributed by atoms with van der Waals surface area (Å²) in [5.41, 5.74) is 6.58. The maximum atomic E-state index is 12.2. The van der Waals surface area contributed by atoms with Crippen molar-refractivity contribution in [2.75, 3.05) is 7.11 Å². The van der Waals surface area contributed by atoms with Gasteiger partial charge in [0, 0.05) is 16.4 Å². The number of methoxy groups -OCH3 is 1. The molecule has 1 aromatic carbocycles. The van der Waals surface area contributed by atoms with E-state index in [2.05, 4.69) is 21.2 Å². The zero-order valence-corrected chi connectivity index (χ0v) is 14.0. The van der Waals surface area contributed by atoms with Gasteiger partial charge in [0.1, 0.15) is 0 Å². The molecule has 116 valence electrons. The van der Waals surface area contributed by atoms with E-state index in [9.17, 15) is 9.59 Å². The third kappa shape index (κ3) is 5.47. The quantitative estimate of drug-likeness (QED) is 0.765. The molecule has 21 heavy (non-hydrogen) atoms. The van der Waals surface area contributed by atoms with Crippen molar-refractivity contribution in [3.63, 3.8) is 0 Å². The van der Waals surface area contributed by atoms with Crippen LogP contribution in [0.5, 0.6) is 0 Å². The molecule has 3 N–H and O–H groups in total. The normalized spacial score (nSPS) is 14.9. The average Bonchev–Trinajstić information content (AvgIpc) is 2.45. The first-order chi connectivity index (χ1) is 9.85. The van der Waals surface area contributed by atoms with Crippen LogP contribution in [0.1, 0.15) is 31.9 Å². The van der Waals surface area contributed by atoms with Crippen molar-refractivity contribution >= 4 is 27.8 Å². The molecule has 0 spiro atoms. The highest BCUT2D eigenvalue weighted by Crippen LogP contribution is 2.22. The third-order valence-electron chi connectivity index (χ3n) is 3.37. The van der Waals surface area contributed by atoms with Crippen LogP contribution in [0.25, 0.3) is 0 Å². The number of ether oxygens (including phenoxy) is 1. The van der Waals surface area contributed by atoms with Gasteiger partial charge < -0.3 is 15.8 Å². The number of hydrogen-bond donors (Lipinski definition) is 2. The molecule has 0 aliphatic carbocycles. The number of hydrogen-bond acceptors (Lipinski definition) is 4. The summed E-state index contributed by atoms with van der Waals surface area (Å²) in [6.45, 7) is 3.54. The minimum atomic E-state index is -0.441. The fraction of sp³-hybridized carbons (Fsp3) is 0.467. The number of nitrogens with one attached hydrogen (secondary N) is 1. The van der Waals surface area contributed by atoms with Crippen molar-refractivity contribution < 1.29 is 14.3 Å². The highest BCUT2D eigenvalue weighted by molar-refractivity contribution is 9.10. The molecule has 0 radical (unpaired) electrons. The lowest BCUT2D eigenvalue weighted by atomic mass is 10.00. The number of rotatable bonds is 6. The lowest BCUT2D eigenvalue weighted by molar-refractivity contribution is -0.141. The summed E-state index contributed by atoms with van der Waals surface area (Å²) in [5.74, 6) is -0.898. The molecule has 1 rings (SSSR count). The first-order valence-electron chi connectivity index (χ1n) is 6.73. The zero-order valence-electron chi connectivity index (χ0n) is 12.4. The number of carbonyl (C=O) groups is 2. The Bertz CT molecular complexity index is 505. The van der Waals surface area contributed by atoms with Crippen molar-refractivity contribution in [3.05, 3.63) is 34.3 Å². The second-order valence-corrected chi connectivity index (χ2v) is 5.96. The second-order valence-electron chi connectivity index (χ2n) is 5.04. The van der Waals surface area contributed by atoms with Gasteiger partial charge in [0.15, 0.2) is 0 Å². The van der Waals surface area contributed by atoms with E-state index in [-0.39, 0.29) is 30.3 Å². The summed E-state index contributed by atoms with van der Waals surface area (Å²) in [7, 11) is 1.33. The van der Waals surface area contributed by atoms with Crippen LogP contribution in [-0.4, -0.2) is 25.0 Å². The van der Waals surface area contributed by atoms with Crippen molar-refractivity contribution in [2.24, 2.45) is 11.7 Å². The van der Waals surface area contributed by atoms with Gasteiger partial charge in [-0.25, -0.2) is 0 Å². The first-order valence-corrected chi connectivity index (χ1v) is 7.52. The van der Waals surface area contributed by atoms with Gasteiger partial charge in [0.2, 0.25) is 5.91 Å². The summed E-state index contributed by atoms with van der Waals surface area (Å²) in [5, 5.41) is 2.87. The Kier molecular flexibility index (Phi) is 6.84. The Labute approximate surface area is 133 Å². The maximum Gasteiger partial charge on any atom is 0.307 e. The van der Waals surface area contributed by atoms with Gasteiger partial charge >= 0.3 is 5.97 Å².